The van der Waals surface area contributed by atoms with Crippen LogP contribution in [-0.2, 0) is 11.2 Å². The highest BCUT2D eigenvalue weighted by molar-refractivity contribution is 6.03. The van der Waals surface area contributed by atoms with Crippen molar-refractivity contribution in [3.63, 3.8) is 0 Å². The highest BCUT2D eigenvalue weighted by Crippen LogP contribution is 2.38. The van der Waals surface area contributed by atoms with Gasteiger partial charge in [-0.1, -0.05) is 60.2 Å². The monoisotopic (exact) mass is 398 g/mol. The molecule has 2 aromatic rings. The van der Waals surface area contributed by atoms with Crippen LogP contribution in [0.4, 0.5) is 13.2 Å². The van der Waals surface area contributed by atoms with Crippen molar-refractivity contribution in [2.45, 2.75) is 44.4 Å². The number of rotatable bonds is 5. The fourth-order valence-electron chi connectivity index (χ4n) is 3.72. The topological polar surface area (TPSA) is 52.9 Å². The van der Waals surface area contributed by atoms with Crippen LogP contribution in [0.3, 0.4) is 0 Å². The highest BCUT2D eigenvalue weighted by Gasteiger charge is 2.48. The first-order chi connectivity index (χ1) is 13.8. The zero-order valence-electron chi connectivity index (χ0n) is 16.0. The first kappa shape index (κ1) is 20.8. The molecule has 0 saturated carbocycles. The van der Waals surface area contributed by atoms with Gasteiger partial charge in [0.25, 0.3) is 0 Å². The van der Waals surface area contributed by atoms with E-state index in [1.807, 2.05) is 43.3 Å². The Bertz CT molecular complexity index is 958. The molecule has 1 heterocycles. The second-order valence-electron chi connectivity index (χ2n) is 7.21. The van der Waals surface area contributed by atoms with Crippen LogP contribution in [0.2, 0.25) is 0 Å². The molecule has 0 amide bonds. The third-order valence-electron chi connectivity index (χ3n) is 5.07. The van der Waals surface area contributed by atoms with E-state index in [4.69, 9.17) is 0 Å². The molecule has 2 aromatic carbocycles. The van der Waals surface area contributed by atoms with Crippen LogP contribution in [-0.4, -0.2) is 18.0 Å². The van der Waals surface area contributed by atoms with Gasteiger partial charge in [0.15, 0.2) is 5.78 Å². The molecule has 1 aliphatic heterocycles. The number of nitriles is 1. The van der Waals surface area contributed by atoms with Crippen molar-refractivity contribution in [3.05, 3.63) is 82.4 Å². The lowest BCUT2D eigenvalue weighted by atomic mass is 9.84. The summed E-state index contributed by atoms with van der Waals surface area (Å²) in [6, 6.07) is 16.2. The number of alkyl halides is 3. The first-order valence-electron chi connectivity index (χ1n) is 9.43. The van der Waals surface area contributed by atoms with Gasteiger partial charge in [-0.25, -0.2) is 0 Å². The molecule has 0 aliphatic carbocycles. The van der Waals surface area contributed by atoms with Gasteiger partial charge >= 0.3 is 6.18 Å². The molecular weight excluding hydrogens is 377 g/mol. The predicted octanol–water partition coefficient (Wildman–Crippen LogP) is 4.98. The molecule has 0 fully saturated rings. The van der Waals surface area contributed by atoms with E-state index >= 15 is 0 Å². The number of halogens is 3. The standard InChI is InChI=1S/C23H21F3N2O/c1-15-7-5-11-17(13-15)21-22(29)20(23(24,25)26)18(14-27)19(28-21)12-6-10-16-8-3-2-4-9-16/h2-5,7-9,11,13,19,21,28H,6,10,12H2,1H3. The third-order valence-corrected chi connectivity index (χ3v) is 5.07. The summed E-state index contributed by atoms with van der Waals surface area (Å²) in [7, 11) is 0. The Morgan fingerprint density at radius 3 is 2.45 bits per heavy atom. The number of carbonyl (C=O) groups excluding carboxylic acids is 1. The number of Topliss-reactive ketones (excluding diaryl/α,β-unsaturated/α-hetero) is 1. The number of nitrogens with zero attached hydrogens (tertiary/aromatic N) is 1. The van der Waals surface area contributed by atoms with E-state index in [1.54, 1.807) is 24.3 Å². The molecule has 0 radical (unpaired) electrons. The Kier molecular flexibility index (Phi) is 6.19. The summed E-state index contributed by atoms with van der Waals surface area (Å²) in [5.74, 6) is -1.10. The van der Waals surface area contributed by atoms with Crippen LogP contribution in [0.15, 0.2) is 65.7 Å². The molecular formula is C23H21F3N2O. The summed E-state index contributed by atoms with van der Waals surface area (Å²) in [5.41, 5.74) is 0.561. The third kappa shape index (κ3) is 4.75. The smallest absolute Gasteiger partial charge is 0.296 e. The van der Waals surface area contributed by atoms with Crippen molar-refractivity contribution in [2.24, 2.45) is 0 Å². The fraction of sp³-hybridized carbons (Fsp3) is 0.304. The van der Waals surface area contributed by atoms with Crippen LogP contribution in [0.5, 0.6) is 0 Å². The van der Waals surface area contributed by atoms with Crippen LogP contribution >= 0.6 is 0 Å². The minimum atomic E-state index is -4.87. The summed E-state index contributed by atoms with van der Waals surface area (Å²) in [4.78, 5) is 12.7. The number of ketones is 1. The molecule has 1 N–H and O–H groups in total. The molecule has 0 bridgehead atoms. The van der Waals surface area contributed by atoms with Crippen molar-refractivity contribution in [3.8, 4) is 6.07 Å². The molecule has 0 spiro atoms. The first-order valence-corrected chi connectivity index (χ1v) is 9.43. The molecule has 150 valence electrons. The van der Waals surface area contributed by atoms with Crippen molar-refractivity contribution in [1.29, 1.82) is 5.26 Å². The minimum Gasteiger partial charge on any atom is -0.296 e. The Morgan fingerprint density at radius 1 is 1.10 bits per heavy atom. The molecule has 29 heavy (non-hydrogen) atoms. The number of aryl methyl sites for hydroxylation is 2. The molecule has 6 heteroatoms. The minimum absolute atomic E-state index is 0.326. The number of benzene rings is 2. The predicted molar refractivity (Wildman–Crippen MR) is 104 cm³/mol. The van der Waals surface area contributed by atoms with Gasteiger partial charge in [0.1, 0.15) is 5.57 Å². The SMILES string of the molecule is Cc1cccc(C2NC(CCCc3ccccc3)C(C#N)=C(C(F)(F)F)C2=O)c1. The van der Waals surface area contributed by atoms with E-state index in [1.165, 1.54) is 0 Å². The average molecular weight is 398 g/mol. The lowest BCUT2D eigenvalue weighted by Crippen LogP contribution is -2.47. The Labute approximate surface area is 167 Å². The van der Waals surface area contributed by atoms with E-state index in [9.17, 15) is 23.2 Å². The van der Waals surface area contributed by atoms with Crippen LogP contribution in [0.1, 0.15) is 35.6 Å². The van der Waals surface area contributed by atoms with Crippen LogP contribution in [0.25, 0.3) is 0 Å². The number of hydrogen-bond donors (Lipinski definition) is 1. The maximum atomic E-state index is 13.7. The lowest BCUT2D eigenvalue weighted by Gasteiger charge is -2.32. The summed E-state index contributed by atoms with van der Waals surface area (Å²) in [6.07, 6.45) is -3.27. The lowest BCUT2D eigenvalue weighted by molar-refractivity contribution is -0.132. The van der Waals surface area contributed by atoms with E-state index in [2.05, 4.69) is 5.32 Å². The maximum Gasteiger partial charge on any atom is 0.420 e. The van der Waals surface area contributed by atoms with E-state index < -0.39 is 35.2 Å². The number of nitrogens with one attached hydrogen (secondary N) is 1. The van der Waals surface area contributed by atoms with Gasteiger partial charge < -0.3 is 0 Å². The average Bonchev–Trinajstić information content (AvgIpc) is 2.68. The normalized spacial score (nSPS) is 19.9. The van der Waals surface area contributed by atoms with Gasteiger partial charge in [-0.2, -0.15) is 18.4 Å². The van der Waals surface area contributed by atoms with Crippen LogP contribution in [0, 0.1) is 18.3 Å². The molecule has 2 unspecified atom stereocenters. The second-order valence-corrected chi connectivity index (χ2v) is 7.21. The Balaban J connectivity index is 1.91. The molecule has 3 rings (SSSR count). The molecule has 1 aliphatic rings. The highest BCUT2D eigenvalue weighted by atomic mass is 19.4. The number of carbonyl (C=O) groups is 1. The quantitative estimate of drug-likeness (QED) is 0.773. The van der Waals surface area contributed by atoms with Gasteiger partial charge in [-0.05, 0) is 37.3 Å². The largest absolute Gasteiger partial charge is 0.420 e. The Morgan fingerprint density at radius 2 is 1.83 bits per heavy atom. The molecule has 2 atom stereocenters. The van der Waals surface area contributed by atoms with Gasteiger partial charge in [0.05, 0.1) is 17.7 Å². The summed E-state index contributed by atoms with van der Waals surface area (Å²) < 4.78 is 41.1. The van der Waals surface area contributed by atoms with Gasteiger partial charge in [0, 0.05) is 6.04 Å². The van der Waals surface area contributed by atoms with E-state index in [0.717, 1.165) is 11.1 Å². The zero-order valence-corrected chi connectivity index (χ0v) is 16.0. The fourth-order valence-corrected chi connectivity index (χ4v) is 3.72. The van der Waals surface area contributed by atoms with Crippen LogP contribution < -0.4 is 5.32 Å². The zero-order chi connectivity index (χ0) is 21.0. The van der Waals surface area contributed by atoms with Gasteiger partial charge in [-0.15, -0.1) is 0 Å². The maximum absolute atomic E-state index is 13.7. The van der Waals surface area contributed by atoms with E-state index in [0.29, 0.717) is 24.8 Å². The van der Waals surface area contributed by atoms with E-state index in [-0.39, 0.29) is 0 Å². The van der Waals surface area contributed by atoms with Crippen molar-refractivity contribution >= 4 is 5.78 Å². The van der Waals surface area contributed by atoms with Crippen molar-refractivity contribution in [1.82, 2.24) is 5.32 Å². The number of hydrogen-bond acceptors (Lipinski definition) is 3. The Hall–Kier alpha value is -2.91. The molecule has 3 nitrogen and oxygen atoms in total. The summed E-state index contributed by atoms with van der Waals surface area (Å²) in [6.45, 7) is 1.81. The van der Waals surface area contributed by atoms with Crippen molar-refractivity contribution in [2.75, 3.05) is 0 Å². The molecule has 0 saturated heterocycles. The van der Waals surface area contributed by atoms with Gasteiger partial charge in [0.2, 0.25) is 0 Å². The molecule has 0 aromatic heterocycles. The summed E-state index contributed by atoms with van der Waals surface area (Å²) in [5, 5.41) is 12.4. The second kappa shape index (κ2) is 8.62. The summed E-state index contributed by atoms with van der Waals surface area (Å²) >= 11 is 0. The van der Waals surface area contributed by atoms with Gasteiger partial charge in [-0.3, -0.25) is 10.1 Å². The van der Waals surface area contributed by atoms with Crippen molar-refractivity contribution < 1.29 is 18.0 Å².